The molecule has 0 aliphatic heterocycles. The lowest BCUT2D eigenvalue weighted by Crippen LogP contribution is -2.64. The monoisotopic (exact) mass is 281 g/mol. The fourth-order valence-corrected chi connectivity index (χ4v) is 2.35. The van der Waals surface area contributed by atoms with Crippen molar-refractivity contribution in [2.75, 3.05) is 0 Å². The molecule has 9 heteroatoms. The Bertz CT molecular complexity index is 562. The lowest BCUT2D eigenvalue weighted by molar-refractivity contribution is -0.536. The van der Waals surface area contributed by atoms with Crippen molar-refractivity contribution >= 4 is 0 Å². The average Bonchev–Trinajstić information content (AvgIpc) is 2.37. The third kappa shape index (κ3) is 2.10. The van der Waals surface area contributed by atoms with Crippen molar-refractivity contribution < 1.29 is 9.85 Å². The third-order valence-electron chi connectivity index (χ3n) is 3.74. The Balaban J connectivity index is 3.66. The van der Waals surface area contributed by atoms with Crippen LogP contribution in [0.2, 0.25) is 0 Å². The van der Waals surface area contributed by atoms with Gasteiger partial charge >= 0.3 is 0 Å². The zero-order valence-corrected chi connectivity index (χ0v) is 11.1. The molecule has 3 unspecified atom stereocenters. The first-order valence-corrected chi connectivity index (χ1v) is 5.90. The molecule has 0 fully saturated rings. The number of nitro groups is 2. The minimum Gasteiger partial charge on any atom is -0.395 e. The van der Waals surface area contributed by atoms with Gasteiger partial charge in [-0.2, -0.15) is 5.26 Å². The van der Waals surface area contributed by atoms with Gasteiger partial charge in [0.25, 0.3) is 11.7 Å². The first kappa shape index (κ1) is 15.6. The van der Waals surface area contributed by atoms with Gasteiger partial charge in [-0.05, 0) is 5.92 Å². The second-order valence-electron chi connectivity index (χ2n) is 4.70. The SMILES string of the molecule is CCC(C)C1(N)C([N+](=O)[O-])=CC(C#N)=C(N)C1[N+](=O)[O-]. The van der Waals surface area contributed by atoms with E-state index in [0.29, 0.717) is 6.42 Å². The maximum atomic E-state index is 11.3. The van der Waals surface area contributed by atoms with E-state index in [9.17, 15) is 20.2 Å². The van der Waals surface area contributed by atoms with Crippen molar-refractivity contribution in [3.63, 3.8) is 0 Å². The third-order valence-corrected chi connectivity index (χ3v) is 3.74. The van der Waals surface area contributed by atoms with Gasteiger partial charge in [0.05, 0.1) is 10.5 Å². The smallest absolute Gasteiger partial charge is 0.281 e. The van der Waals surface area contributed by atoms with Crippen molar-refractivity contribution in [3.8, 4) is 6.07 Å². The van der Waals surface area contributed by atoms with E-state index >= 15 is 0 Å². The molecular formula is C11H15N5O4. The highest BCUT2D eigenvalue weighted by atomic mass is 16.6. The van der Waals surface area contributed by atoms with Crippen LogP contribution in [0.25, 0.3) is 0 Å². The van der Waals surface area contributed by atoms with Crippen LogP contribution in [-0.2, 0) is 0 Å². The standard InChI is InChI=1S/C11H15N5O4/c1-3-6(2)11(14)8(15(17)18)4-7(5-12)9(13)10(11)16(19)20/h4,6,10H,3,13-14H2,1-2H3. The van der Waals surface area contributed by atoms with Crippen molar-refractivity contribution in [1.29, 1.82) is 5.26 Å². The van der Waals surface area contributed by atoms with Crippen molar-refractivity contribution in [1.82, 2.24) is 0 Å². The highest BCUT2D eigenvalue weighted by molar-refractivity contribution is 5.47. The summed E-state index contributed by atoms with van der Waals surface area (Å²) in [5.74, 6) is -0.562. The van der Waals surface area contributed by atoms with E-state index < -0.39 is 33.0 Å². The molecule has 4 N–H and O–H groups in total. The Morgan fingerprint density at radius 1 is 1.55 bits per heavy atom. The van der Waals surface area contributed by atoms with E-state index in [4.69, 9.17) is 16.7 Å². The van der Waals surface area contributed by atoms with E-state index in [0.717, 1.165) is 6.08 Å². The van der Waals surface area contributed by atoms with Gasteiger partial charge in [0.15, 0.2) is 5.54 Å². The summed E-state index contributed by atoms with van der Waals surface area (Å²) in [6, 6.07) is -0.0649. The van der Waals surface area contributed by atoms with Gasteiger partial charge in [-0.1, -0.05) is 20.3 Å². The van der Waals surface area contributed by atoms with Gasteiger partial charge in [-0.15, -0.1) is 0 Å². The molecule has 1 aliphatic rings. The Labute approximate surface area is 114 Å². The van der Waals surface area contributed by atoms with Gasteiger partial charge < -0.3 is 11.5 Å². The Kier molecular flexibility index (Phi) is 4.10. The molecule has 0 bridgehead atoms. The summed E-state index contributed by atoms with van der Waals surface area (Å²) < 4.78 is 0. The molecule has 0 radical (unpaired) electrons. The number of allylic oxidation sites excluding steroid dienone is 2. The Morgan fingerprint density at radius 3 is 2.45 bits per heavy atom. The zero-order chi connectivity index (χ0) is 15.7. The predicted molar refractivity (Wildman–Crippen MR) is 69.1 cm³/mol. The normalized spacial score (nSPS) is 27.5. The van der Waals surface area contributed by atoms with Crippen LogP contribution < -0.4 is 11.5 Å². The maximum absolute atomic E-state index is 11.3. The van der Waals surface area contributed by atoms with Gasteiger partial charge in [0.1, 0.15) is 11.8 Å². The predicted octanol–water partition coefficient (Wildman–Crippen LogP) is 0.286. The van der Waals surface area contributed by atoms with E-state index in [1.165, 1.54) is 0 Å². The highest BCUT2D eigenvalue weighted by Gasteiger charge is 2.59. The molecule has 1 rings (SSSR count). The van der Waals surface area contributed by atoms with Crippen LogP contribution in [-0.4, -0.2) is 21.4 Å². The fraction of sp³-hybridized carbons (Fsp3) is 0.545. The maximum Gasteiger partial charge on any atom is 0.281 e. The quantitative estimate of drug-likeness (QED) is 0.552. The Hall–Kier alpha value is -2.47. The van der Waals surface area contributed by atoms with Gasteiger partial charge in [-0.3, -0.25) is 20.2 Å². The summed E-state index contributed by atoms with van der Waals surface area (Å²) in [5.41, 5.74) is 8.63. The molecule has 0 heterocycles. The lowest BCUT2D eigenvalue weighted by Gasteiger charge is -2.36. The molecule has 108 valence electrons. The average molecular weight is 281 g/mol. The zero-order valence-electron chi connectivity index (χ0n) is 11.1. The molecule has 0 aromatic heterocycles. The van der Waals surface area contributed by atoms with Crippen LogP contribution in [0, 0.1) is 37.5 Å². The summed E-state index contributed by atoms with van der Waals surface area (Å²) in [6.45, 7) is 3.30. The number of hydrogen-bond donors (Lipinski definition) is 2. The Morgan fingerprint density at radius 2 is 2.10 bits per heavy atom. The first-order chi connectivity index (χ1) is 9.21. The molecule has 0 amide bonds. The molecule has 0 aromatic rings. The first-order valence-electron chi connectivity index (χ1n) is 5.90. The highest BCUT2D eigenvalue weighted by Crippen LogP contribution is 2.38. The van der Waals surface area contributed by atoms with Gasteiger partial charge in [-0.25, -0.2) is 0 Å². The van der Waals surface area contributed by atoms with Crippen molar-refractivity contribution in [2.45, 2.75) is 31.8 Å². The lowest BCUT2D eigenvalue weighted by atomic mass is 9.71. The number of nitrogens with two attached hydrogens (primary N) is 2. The molecular weight excluding hydrogens is 266 g/mol. The van der Waals surface area contributed by atoms with Crippen LogP contribution in [0.15, 0.2) is 23.0 Å². The molecule has 0 saturated heterocycles. The summed E-state index contributed by atoms with van der Waals surface area (Å²) in [6.07, 6.45) is 1.32. The van der Waals surface area contributed by atoms with Crippen LogP contribution in [0.1, 0.15) is 20.3 Å². The number of nitrogens with zero attached hydrogens (tertiary/aromatic N) is 3. The van der Waals surface area contributed by atoms with Crippen LogP contribution >= 0.6 is 0 Å². The number of hydrogen-bond acceptors (Lipinski definition) is 7. The molecule has 0 spiro atoms. The van der Waals surface area contributed by atoms with E-state index in [-0.39, 0.29) is 11.3 Å². The van der Waals surface area contributed by atoms with Crippen LogP contribution in [0.5, 0.6) is 0 Å². The molecule has 9 nitrogen and oxygen atoms in total. The second kappa shape index (κ2) is 5.26. The van der Waals surface area contributed by atoms with Crippen molar-refractivity contribution in [2.24, 2.45) is 17.4 Å². The molecule has 20 heavy (non-hydrogen) atoms. The van der Waals surface area contributed by atoms with Gasteiger partial charge in [0.2, 0.25) is 0 Å². The summed E-state index contributed by atoms with van der Waals surface area (Å²) in [4.78, 5) is 20.9. The topological polar surface area (TPSA) is 162 Å². The second-order valence-corrected chi connectivity index (χ2v) is 4.70. The van der Waals surface area contributed by atoms with Crippen molar-refractivity contribution in [3.05, 3.63) is 43.3 Å². The van der Waals surface area contributed by atoms with Crippen LogP contribution in [0.4, 0.5) is 0 Å². The van der Waals surface area contributed by atoms with E-state index in [2.05, 4.69) is 0 Å². The largest absolute Gasteiger partial charge is 0.395 e. The molecule has 0 aromatic carbocycles. The number of rotatable bonds is 4. The summed E-state index contributed by atoms with van der Waals surface area (Å²) in [5, 5.41) is 31.4. The summed E-state index contributed by atoms with van der Waals surface area (Å²) in [7, 11) is 0. The minimum atomic E-state index is -1.85. The summed E-state index contributed by atoms with van der Waals surface area (Å²) >= 11 is 0. The molecule has 3 atom stereocenters. The van der Waals surface area contributed by atoms with E-state index in [1.54, 1.807) is 19.9 Å². The van der Waals surface area contributed by atoms with Crippen LogP contribution in [0.3, 0.4) is 0 Å². The minimum absolute atomic E-state index is 0.289. The molecule has 0 saturated carbocycles. The molecule has 1 aliphatic carbocycles. The van der Waals surface area contributed by atoms with Gasteiger partial charge in [0, 0.05) is 11.0 Å². The van der Waals surface area contributed by atoms with E-state index in [1.807, 2.05) is 0 Å². The number of nitriles is 1. The fourth-order valence-electron chi connectivity index (χ4n) is 2.35.